The molecule has 24 heavy (non-hydrogen) atoms. The minimum atomic E-state index is -0.255. The van der Waals surface area contributed by atoms with E-state index in [1.165, 1.54) is 18.5 Å². The number of nitrogens with zero attached hydrogens (tertiary/aromatic N) is 1. The minimum Gasteiger partial charge on any atom is -0.371 e. The Morgan fingerprint density at radius 2 is 1.71 bits per heavy atom. The molecule has 3 amide bonds. The number of urea groups is 1. The van der Waals surface area contributed by atoms with Crippen molar-refractivity contribution in [3.8, 4) is 0 Å². The third-order valence-electron chi connectivity index (χ3n) is 4.65. The first-order chi connectivity index (χ1) is 11.7. The maximum atomic E-state index is 11.9. The van der Waals surface area contributed by atoms with Crippen LogP contribution in [-0.4, -0.2) is 44.2 Å². The monoisotopic (exact) mass is 330 g/mol. The van der Waals surface area contributed by atoms with Gasteiger partial charge in [-0.25, -0.2) is 4.79 Å². The molecule has 130 valence electrons. The van der Waals surface area contributed by atoms with E-state index in [0.29, 0.717) is 5.92 Å². The summed E-state index contributed by atoms with van der Waals surface area (Å²) < 4.78 is 0. The molecule has 0 bridgehead atoms. The standard InChI is InChI=1S/C18H26N4O2/c23-17(19-12-14-6-7-14)13-20-18(24)21-15-8-10-22(11-9-15)16-4-2-1-3-5-16/h1-5,14-15H,6-13H2,(H,19,23)(H2,20,21,24). The van der Waals surface area contributed by atoms with Crippen LogP contribution in [0, 0.1) is 5.92 Å². The van der Waals surface area contributed by atoms with Crippen LogP contribution < -0.4 is 20.9 Å². The summed E-state index contributed by atoms with van der Waals surface area (Å²) in [7, 11) is 0. The molecule has 2 aliphatic rings. The predicted octanol–water partition coefficient (Wildman–Crippen LogP) is 1.48. The molecular weight excluding hydrogens is 304 g/mol. The molecule has 0 aromatic heterocycles. The Kier molecular flexibility index (Phi) is 5.56. The number of carbonyl (C=O) groups excluding carboxylic acids is 2. The highest BCUT2D eigenvalue weighted by Gasteiger charge is 2.22. The van der Waals surface area contributed by atoms with Gasteiger partial charge in [0.05, 0.1) is 6.54 Å². The predicted molar refractivity (Wildman–Crippen MR) is 93.9 cm³/mol. The number of rotatable bonds is 6. The Bertz CT molecular complexity index is 551. The SMILES string of the molecule is O=C(CNC(=O)NC1CCN(c2ccccc2)CC1)NCC1CC1. The first-order valence-electron chi connectivity index (χ1n) is 8.82. The molecule has 6 nitrogen and oxygen atoms in total. The molecule has 3 rings (SSSR count). The van der Waals surface area contributed by atoms with Crippen molar-refractivity contribution in [2.45, 2.75) is 31.7 Å². The van der Waals surface area contributed by atoms with Gasteiger partial charge in [-0.3, -0.25) is 4.79 Å². The Hall–Kier alpha value is -2.24. The molecule has 1 saturated heterocycles. The first-order valence-corrected chi connectivity index (χ1v) is 8.82. The number of hydrogen-bond donors (Lipinski definition) is 3. The number of carbonyl (C=O) groups is 2. The number of anilines is 1. The van der Waals surface area contributed by atoms with Crippen LogP contribution in [0.3, 0.4) is 0 Å². The number of nitrogens with one attached hydrogen (secondary N) is 3. The van der Waals surface area contributed by atoms with E-state index in [-0.39, 0.29) is 24.5 Å². The van der Waals surface area contributed by atoms with Crippen molar-refractivity contribution < 1.29 is 9.59 Å². The highest BCUT2D eigenvalue weighted by atomic mass is 16.2. The molecule has 1 aliphatic heterocycles. The van der Waals surface area contributed by atoms with Crippen molar-refractivity contribution >= 4 is 17.6 Å². The van der Waals surface area contributed by atoms with E-state index in [1.54, 1.807) is 0 Å². The van der Waals surface area contributed by atoms with Crippen molar-refractivity contribution in [2.24, 2.45) is 5.92 Å². The van der Waals surface area contributed by atoms with Gasteiger partial charge in [-0.1, -0.05) is 18.2 Å². The second-order valence-corrected chi connectivity index (χ2v) is 6.67. The first kappa shape index (κ1) is 16.6. The number of benzene rings is 1. The summed E-state index contributed by atoms with van der Waals surface area (Å²) in [6, 6.07) is 10.2. The van der Waals surface area contributed by atoms with Gasteiger partial charge in [0, 0.05) is 31.4 Å². The molecule has 1 aromatic carbocycles. The number of hydrogen-bond acceptors (Lipinski definition) is 3. The van der Waals surface area contributed by atoms with E-state index in [2.05, 4.69) is 33.0 Å². The fourth-order valence-electron chi connectivity index (χ4n) is 2.96. The second-order valence-electron chi connectivity index (χ2n) is 6.67. The van der Waals surface area contributed by atoms with Gasteiger partial charge in [0.15, 0.2) is 0 Å². The van der Waals surface area contributed by atoms with Gasteiger partial charge < -0.3 is 20.9 Å². The number of para-hydroxylation sites is 1. The van der Waals surface area contributed by atoms with Gasteiger partial charge in [-0.15, -0.1) is 0 Å². The fraction of sp³-hybridized carbons (Fsp3) is 0.556. The van der Waals surface area contributed by atoms with E-state index in [0.717, 1.165) is 32.5 Å². The van der Waals surface area contributed by atoms with Crippen LogP contribution in [-0.2, 0) is 4.79 Å². The van der Waals surface area contributed by atoms with Crippen LogP contribution in [0.15, 0.2) is 30.3 Å². The van der Waals surface area contributed by atoms with Crippen LogP contribution in [0.25, 0.3) is 0 Å². The third-order valence-corrected chi connectivity index (χ3v) is 4.65. The zero-order valence-electron chi connectivity index (χ0n) is 14.0. The van der Waals surface area contributed by atoms with Crippen molar-refractivity contribution in [2.75, 3.05) is 31.1 Å². The summed E-state index contributed by atoms with van der Waals surface area (Å²) in [6.45, 7) is 2.63. The van der Waals surface area contributed by atoms with Crippen molar-refractivity contribution in [3.63, 3.8) is 0 Å². The Balaban J connectivity index is 1.31. The maximum absolute atomic E-state index is 11.9. The highest BCUT2D eigenvalue weighted by molar-refractivity contribution is 5.84. The van der Waals surface area contributed by atoms with E-state index in [9.17, 15) is 9.59 Å². The number of amides is 3. The molecule has 1 heterocycles. The molecule has 6 heteroatoms. The quantitative estimate of drug-likeness (QED) is 0.740. The van der Waals surface area contributed by atoms with Crippen LogP contribution in [0.2, 0.25) is 0 Å². The highest BCUT2D eigenvalue weighted by Crippen LogP contribution is 2.27. The molecule has 3 N–H and O–H groups in total. The van der Waals surface area contributed by atoms with Gasteiger partial charge in [-0.05, 0) is 43.7 Å². The molecule has 0 atom stereocenters. The van der Waals surface area contributed by atoms with E-state index in [1.807, 2.05) is 18.2 Å². The second kappa shape index (κ2) is 8.04. The maximum Gasteiger partial charge on any atom is 0.315 e. The molecule has 0 radical (unpaired) electrons. The summed E-state index contributed by atoms with van der Waals surface area (Å²) in [5.41, 5.74) is 1.23. The Morgan fingerprint density at radius 1 is 1.00 bits per heavy atom. The average molecular weight is 330 g/mol. The molecule has 0 unspecified atom stereocenters. The van der Waals surface area contributed by atoms with Crippen LogP contribution >= 0.6 is 0 Å². The summed E-state index contributed by atoms with van der Waals surface area (Å²) in [5.74, 6) is 0.536. The summed E-state index contributed by atoms with van der Waals surface area (Å²) >= 11 is 0. The third kappa shape index (κ3) is 5.15. The fourth-order valence-corrected chi connectivity index (χ4v) is 2.96. The Morgan fingerprint density at radius 3 is 2.38 bits per heavy atom. The molecular formula is C18H26N4O2. The summed E-state index contributed by atoms with van der Waals surface area (Å²) in [5, 5.41) is 8.45. The van der Waals surface area contributed by atoms with Gasteiger partial charge in [0.2, 0.25) is 5.91 Å². The number of piperidine rings is 1. The minimum absolute atomic E-state index is 0.0431. The largest absolute Gasteiger partial charge is 0.371 e. The van der Waals surface area contributed by atoms with Gasteiger partial charge in [0.25, 0.3) is 0 Å². The summed E-state index contributed by atoms with van der Waals surface area (Å²) in [6.07, 6.45) is 4.23. The average Bonchev–Trinajstić information content (AvgIpc) is 3.44. The Labute approximate surface area is 143 Å². The van der Waals surface area contributed by atoms with E-state index in [4.69, 9.17) is 0 Å². The normalized spacial score (nSPS) is 18.1. The van der Waals surface area contributed by atoms with Crippen molar-refractivity contribution in [3.05, 3.63) is 30.3 Å². The topological polar surface area (TPSA) is 73.5 Å². The molecule has 0 spiro atoms. The lowest BCUT2D eigenvalue weighted by Gasteiger charge is -2.33. The lowest BCUT2D eigenvalue weighted by atomic mass is 10.0. The van der Waals surface area contributed by atoms with Crippen molar-refractivity contribution in [1.82, 2.24) is 16.0 Å². The zero-order valence-corrected chi connectivity index (χ0v) is 14.0. The smallest absolute Gasteiger partial charge is 0.315 e. The van der Waals surface area contributed by atoms with Gasteiger partial charge in [-0.2, -0.15) is 0 Å². The van der Waals surface area contributed by atoms with Crippen molar-refractivity contribution in [1.29, 1.82) is 0 Å². The molecule has 1 aromatic rings. The van der Waals surface area contributed by atoms with Gasteiger partial charge in [0.1, 0.15) is 0 Å². The lowest BCUT2D eigenvalue weighted by molar-refractivity contribution is -0.120. The van der Waals surface area contributed by atoms with Crippen LogP contribution in [0.4, 0.5) is 10.5 Å². The van der Waals surface area contributed by atoms with E-state index < -0.39 is 0 Å². The van der Waals surface area contributed by atoms with Gasteiger partial charge >= 0.3 is 6.03 Å². The molecule has 2 fully saturated rings. The van der Waals surface area contributed by atoms with Crippen LogP contribution in [0.1, 0.15) is 25.7 Å². The molecule has 1 saturated carbocycles. The van der Waals surface area contributed by atoms with E-state index >= 15 is 0 Å². The summed E-state index contributed by atoms with van der Waals surface area (Å²) in [4.78, 5) is 25.8. The zero-order chi connectivity index (χ0) is 16.8. The lowest BCUT2D eigenvalue weighted by Crippen LogP contribution is -2.49. The molecule has 1 aliphatic carbocycles. The van der Waals surface area contributed by atoms with Crippen LogP contribution in [0.5, 0.6) is 0 Å².